The maximum atomic E-state index is 11.1. The molecule has 1 rings (SSSR count). The summed E-state index contributed by atoms with van der Waals surface area (Å²) in [5, 5.41) is 28.4. The first-order chi connectivity index (χ1) is 8.92. The smallest absolute Gasteiger partial charge is 0.337 e. The Morgan fingerprint density at radius 2 is 1.84 bits per heavy atom. The van der Waals surface area contributed by atoms with Gasteiger partial charge in [0.25, 0.3) is 0 Å². The molecule has 2 atom stereocenters. The van der Waals surface area contributed by atoms with Gasteiger partial charge in [0.05, 0.1) is 19.8 Å². The molecule has 0 bridgehead atoms. The van der Waals surface area contributed by atoms with E-state index in [9.17, 15) is 19.8 Å². The van der Waals surface area contributed by atoms with Gasteiger partial charge in [0.15, 0.2) is 6.10 Å². The molecule has 0 aliphatic rings. The van der Waals surface area contributed by atoms with Crippen LogP contribution in [-0.4, -0.2) is 47.6 Å². The number of hydrogen-bond acceptors (Lipinski definition) is 6. The van der Waals surface area contributed by atoms with E-state index in [1.54, 1.807) is 0 Å². The van der Waals surface area contributed by atoms with Gasteiger partial charge in [-0.3, -0.25) is 0 Å². The number of carbonyl (C=O) groups excluding carboxylic acids is 1. The molecule has 0 fully saturated rings. The lowest BCUT2D eigenvalue weighted by molar-refractivity contribution is -0.156. The highest BCUT2D eigenvalue weighted by Gasteiger charge is 2.29. The summed E-state index contributed by atoms with van der Waals surface area (Å²) >= 11 is 0. The number of aromatic carboxylic acids is 1. The highest BCUT2D eigenvalue weighted by Crippen LogP contribution is 2.25. The molecular weight excluding hydrogens is 256 g/mol. The van der Waals surface area contributed by atoms with Gasteiger partial charge in [-0.2, -0.15) is 0 Å². The van der Waals surface area contributed by atoms with Gasteiger partial charge in [-0.1, -0.05) is 6.07 Å². The predicted molar refractivity (Wildman–Crippen MR) is 62.9 cm³/mol. The molecule has 0 aromatic heterocycles. The molecule has 19 heavy (non-hydrogen) atoms. The Labute approximate surface area is 109 Å². The van der Waals surface area contributed by atoms with Crippen molar-refractivity contribution in [3.05, 3.63) is 29.3 Å². The van der Waals surface area contributed by atoms with Gasteiger partial charge in [0, 0.05) is 0 Å². The Bertz CT molecular complexity index is 483. The van der Waals surface area contributed by atoms with Crippen LogP contribution in [0.1, 0.15) is 22.0 Å². The van der Waals surface area contributed by atoms with Crippen molar-refractivity contribution in [2.75, 3.05) is 14.2 Å². The summed E-state index contributed by atoms with van der Waals surface area (Å²) in [6, 6.07) is 3.86. The Morgan fingerprint density at radius 1 is 1.21 bits per heavy atom. The number of carboxylic acids is 1. The Kier molecular flexibility index (Phi) is 4.85. The van der Waals surface area contributed by atoms with Crippen LogP contribution >= 0.6 is 0 Å². The standard InChI is InChI=1S/C12H14O7/c1-18-6-3-4-7(8(5-6)11(15)16)9(13)10(14)12(17)19-2/h3-5,9-10,13-14H,1-2H3,(H,15,16). The number of esters is 1. The number of methoxy groups -OCH3 is 2. The maximum Gasteiger partial charge on any atom is 0.337 e. The van der Waals surface area contributed by atoms with E-state index in [4.69, 9.17) is 9.84 Å². The van der Waals surface area contributed by atoms with Crippen molar-refractivity contribution < 1.29 is 34.4 Å². The minimum Gasteiger partial charge on any atom is -0.497 e. The fourth-order valence-corrected chi connectivity index (χ4v) is 1.53. The molecule has 0 saturated carbocycles. The van der Waals surface area contributed by atoms with Crippen molar-refractivity contribution in [3.8, 4) is 5.75 Å². The van der Waals surface area contributed by atoms with E-state index in [2.05, 4.69) is 4.74 Å². The summed E-state index contributed by atoms with van der Waals surface area (Å²) in [6.45, 7) is 0. The topological polar surface area (TPSA) is 113 Å². The molecule has 1 aromatic rings. The van der Waals surface area contributed by atoms with Gasteiger partial charge in [0.2, 0.25) is 0 Å². The van der Waals surface area contributed by atoms with Crippen molar-refractivity contribution in [2.24, 2.45) is 0 Å². The van der Waals surface area contributed by atoms with Crippen LogP contribution in [0.15, 0.2) is 18.2 Å². The molecular formula is C12H14O7. The second-order valence-electron chi connectivity index (χ2n) is 3.67. The zero-order valence-corrected chi connectivity index (χ0v) is 10.4. The zero-order chi connectivity index (χ0) is 14.6. The van der Waals surface area contributed by atoms with Crippen LogP contribution in [0, 0.1) is 0 Å². The van der Waals surface area contributed by atoms with Crippen molar-refractivity contribution in [2.45, 2.75) is 12.2 Å². The maximum absolute atomic E-state index is 11.1. The molecule has 0 heterocycles. The lowest BCUT2D eigenvalue weighted by Gasteiger charge is -2.18. The fraction of sp³-hybridized carbons (Fsp3) is 0.333. The van der Waals surface area contributed by atoms with Gasteiger partial charge >= 0.3 is 11.9 Å². The Balaban J connectivity index is 3.18. The molecule has 0 radical (unpaired) electrons. The summed E-state index contributed by atoms with van der Waals surface area (Å²) in [5.41, 5.74) is -0.374. The van der Waals surface area contributed by atoms with Crippen LogP contribution in [0.3, 0.4) is 0 Å². The Hall–Kier alpha value is -2.12. The van der Waals surface area contributed by atoms with Crippen LogP contribution in [0.2, 0.25) is 0 Å². The molecule has 7 nitrogen and oxygen atoms in total. The number of ether oxygens (including phenoxy) is 2. The van der Waals surface area contributed by atoms with Crippen molar-refractivity contribution in [1.82, 2.24) is 0 Å². The molecule has 1 aromatic carbocycles. The first-order valence-electron chi connectivity index (χ1n) is 5.27. The summed E-state index contributed by atoms with van der Waals surface area (Å²) in [7, 11) is 2.41. The summed E-state index contributed by atoms with van der Waals surface area (Å²) in [6.07, 6.45) is -3.57. The molecule has 104 valence electrons. The average Bonchev–Trinajstić information content (AvgIpc) is 2.43. The number of benzene rings is 1. The lowest BCUT2D eigenvalue weighted by Crippen LogP contribution is -2.30. The van der Waals surface area contributed by atoms with Crippen LogP contribution in [-0.2, 0) is 9.53 Å². The zero-order valence-electron chi connectivity index (χ0n) is 10.4. The summed E-state index contributed by atoms with van der Waals surface area (Å²) < 4.78 is 9.15. The molecule has 2 unspecified atom stereocenters. The first kappa shape index (κ1) is 14.9. The predicted octanol–water partition coefficient (Wildman–Crippen LogP) is -0.0393. The third-order valence-electron chi connectivity index (χ3n) is 2.55. The van der Waals surface area contributed by atoms with E-state index in [0.717, 1.165) is 7.11 Å². The van der Waals surface area contributed by atoms with E-state index in [0.29, 0.717) is 0 Å². The quantitative estimate of drug-likeness (QED) is 0.643. The molecule has 0 spiro atoms. The van der Waals surface area contributed by atoms with Crippen LogP contribution < -0.4 is 4.74 Å². The number of aliphatic hydroxyl groups excluding tert-OH is 2. The van der Waals surface area contributed by atoms with Gasteiger partial charge in [0.1, 0.15) is 11.9 Å². The van der Waals surface area contributed by atoms with Crippen molar-refractivity contribution in [3.63, 3.8) is 0 Å². The Morgan fingerprint density at radius 3 is 2.32 bits per heavy atom. The van der Waals surface area contributed by atoms with Crippen molar-refractivity contribution >= 4 is 11.9 Å². The number of rotatable bonds is 5. The highest BCUT2D eigenvalue weighted by molar-refractivity contribution is 5.90. The number of hydrogen-bond donors (Lipinski definition) is 3. The van der Waals surface area contributed by atoms with E-state index in [1.807, 2.05) is 0 Å². The molecule has 0 amide bonds. The first-order valence-corrected chi connectivity index (χ1v) is 5.27. The molecule has 0 aliphatic carbocycles. The normalized spacial score (nSPS) is 13.5. The second kappa shape index (κ2) is 6.17. The third kappa shape index (κ3) is 3.21. The van der Waals surface area contributed by atoms with E-state index in [-0.39, 0.29) is 16.9 Å². The highest BCUT2D eigenvalue weighted by atomic mass is 16.5. The molecule has 7 heteroatoms. The SMILES string of the molecule is COC(=O)C(O)C(O)c1ccc(OC)cc1C(=O)O. The number of aliphatic hydroxyl groups is 2. The lowest BCUT2D eigenvalue weighted by atomic mass is 9.98. The molecule has 0 saturated heterocycles. The third-order valence-corrected chi connectivity index (χ3v) is 2.55. The van der Waals surface area contributed by atoms with Crippen LogP contribution in [0.4, 0.5) is 0 Å². The van der Waals surface area contributed by atoms with E-state index in [1.165, 1.54) is 25.3 Å². The summed E-state index contributed by atoms with van der Waals surface area (Å²) in [5.74, 6) is -2.09. The van der Waals surface area contributed by atoms with Gasteiger partial charge in [-0.25, -0.2) is 9.59 Å². The van der Waals surface area contributed by atoms with Gasteiger partial charge in [-0.15, -0.1) is 0 Å². The van der Waals surface area contributed by atoms with Crippen LogP contribution in [0.5, 0.6) is 5.75 Å². The minimum absolute atomic E-state index is 0.105. The number of carbonyl (C=O) groups is 2. The van der Waals surface area contributed by atoms with Gasteiger partial charge in [-0.05, 0) is 17.7 Å². The van der Waals surface area contributed by atoms with Crippen molar-refractivity contribution in [1.29, 1.82) is 0 Å². The fourth-order valence-electron chi connectivity index (χ4n) is 1.53. The summed E-state index contributed by atoms with van der Waals surface area (Å²) in [4.78, 5) is 22.2. The minimum atomic E-state index is -1.86. The largest absolute Gasteiger partial charge is 0.497 e. The number of carboxylic acid groups (broad SMARTS) is 1. The van der Waals surface area contributed by atoms with E-state index < -0.39 is 24.1 Å². The molecule has 0 aliphatic heterocycles. The van der Waals surface area contributed by atoms with Crippen LogP contribution in [0.25, 0.3) is 0 Å². The van der Waals surface area contributed by atoms with E-state index >= 15 is 0 Å². The monoisotopic (exact) mass is 270 g/mol. The molecule has 3 N–H and O–H groups in total. The van der Waals surface area contributed by atoms with Gasteiger partial charge < -0.3 is 24.8 Å². The average molecular weight is 270 g/mol. The second-order valence-corrected chi connectivity index (χ2v) is 3.67.